The van der Waals surface area contributed by atoms with Crippen molar-refractivity contribution in [2.75, 3.05) is 5.75 Å². The topological polar surface area (TPSA) is 68.0 Å². The number of aliphatic carboxylic acids is 1. The van der Waals surface area contributed by atoms with Crippen molar-refractivity contribution in [3.63, 3.8) is 0 Å². The summed E-state index contributed by atoms with van der Waals surface area (Å²) in [5.74, 6) is -0.789. The molecular formula is C11H13N3O2S2. The normalized spacial score (nSPS) is 10.8. The summed E-state index contributed by atoms with van der Waals surface area (Å²) in [4.78, 5) is 15.0. The number of aryl methyl sites for hydroxylation is 2. The first kappa shape index (κ1) is 13.1. The van der Waals surface area contributed by atoms with E-state index in [0.717, 1.165) is 27.0 Å². The third-order valence-electron chi connectivity index (χ3n) is 2.57. The zero-order valence-electron chi connectivity index (χ0n) is 10.3. The molecule has 18 heavy (non-hydrogen) atoms. The summed E-state index contributed by atoms with van der Waals surface area (Å²) < 4.78 is 2.60. The number of rotatable bonds is 4. The first-order chi connectivity index (χ1) is 8.49. The summed E-state index contributed by atoms with van der Waals surface area (Å²) in [6.07, 6.45) is 0. The minimum absolute atomic E-state index is 0.0396. The number of thioether (sulfide) groups is 1. The zero-order valence-corrected chi connectivity index (χ0v) is 11.9. The number of hydrogen-bond donors (Lipinski definition) is 1. The molecule has 0 unspecified atom stereocenters. The van der Waals surface area contributed by atoms with Crippen LogP contribution in [0.2, 0.25) is 0 Å². The molecule has 7 heteroatoms. The van der Waals surface area contributed by atoms with Gasteiger partial charge < -0.3 is 5.11 Å². The molecule has 2 aromatic rings. The second-order valence-electron chi connectivity index (χ2n) is 3.85. The van der Waals surface area contributed by atoms with Crippen molar-refractivity contribution >= 4 is 29.1 Å². The van der Waals surface area contributed by atoms with Gasteiger partial charge in [0.15, 0.2) is 4.34 Å². The molecule has 0 atom stereocenters. The van der Waals surface area contributed by atoms with Crippen molar-refractivity contribution in [3.8, 4) is 11.3 Å². The second kappa shape index (κ2) is 5.11. The van der Waals surface area contributed by atoms with Crippen LogP contribution in [0.15, 0.2) is 9.72 Å². The number of carboxylic acid groups (broad SMARTS) is 1. The first-order valence-corrected chi connectivity index (χ1v) is 7.16. The predicted molar refractivity (Wildman–Crippen MR) is 72.1 cm³/mol. The number of hydrogen-bond acceptors (Lipinski definition) is 5. The van der Waals surface area contributed by atoms with Crippen LogP contribution in [0, 0.1) is 13.8 Å². The zero-order chi connectivity index (χ0) is 13.3. The van der Waals surface area contributed by atoms with Gasteiger partial charge in [0.25, 0.3) is 0 Å². The maximum atomic E-state index is 10.5. The van der Waals surface area contributed by atoms with E-state index in [2.05, 4.69) is 10.1 Å². The molecule has 1 N–H and O–H groups in total. The number of aromatic nitrogens is 3. The van der Waals surface area contributed by atoms with Gasteiger partial charge in [0.1, 0.15) is 0 Å². The Bertz CT molecular complexity index is 589. The highest BCUT2D eigenvalue weighted by Crippen LogP contribution is 2.31. The lowest BCUT2D eigenvalue weighted by Crippen LogP contribution is -1.97. The van der Waals surface area contributed by atoms with Crippen LogP contribution in [-0.4, -0.2) is 31.6 Å². The monoisotopic (exact) mass is 283 g/mol. The third kappa shape index (κ3) is 2.56. The average molecular weight is 283 g/mol. The van der Waals surface area contributed by atoms with Gasteiger partial charge in [-0.05, 0) is 13.8 Å². The van der Waals surface area contributed by atoms with Crippen molar-refractivity contribution in [2.24, 2.45) is 7.05 Å². The van der Waals surface area contributed by atoms with Crippen molar-refractivity contribution < 1.29 is 9.90 Å². The Morgan fingerprint density at radius 2 is 2.28 bits per heavy atom. The summed E-state index contributed by atoms with van der Waals surface area (Å²) in [7, 11) is 1.90. The lowest BCUT2D eigenvalue weighted by molar-refractivity contribution is -0.133. The van der Waals surface area contributed by atoms with E-state index >= 15 is 0 Å². The molecule has 0 fully saturated rings. The van der Waals surface area contributed by atoms with Gasteiger partial charge in [-0.15, -0.1) is 11.3 Å². The fourth-order valence-electron chi connectivity index (χ4n) is 1.71. The molecule has 0 saturated heterocycles. The van der Waals surface area contributed by atoms with Gasteiger partial charge in [0.05, 0.1) is 17.1 Å². The summed E-state index contributed by atoms with van der Waals surface area (Å²) >= 11 is 2.71. The van der Waals surface area contributed by atoms with E-state index in [0.29, 0.717) is 0 Å². The van der Waals surface area contributed by atoms with Crippen LogP contribution in [0.5, 0.6) is 0 Å². The molecule has 0 saturated carbocycles. The third-order valence-corrected chi connectivity index (χ3v) is 4.57. The first-order valence-electron chi connectivity index (χ1n) is 5.29. The Hall–Kier alpha value is -1.34. The van der Waals surface area contributed by atoms with Gasteiger partial charge in [-0.2, -0.15) is 5.10 Å². The molecule has 0 bridgehead atoms. The van der Waals surface area contributed by atoms with Crippen molar-refractivity contribution in [2.45, 2.75) is 18.2 Å². The molecule has 0 aliphatic rings. The highest BCUT2D eigenvalue weighted by Gasteiger charge is 2.15. The van der Waals surface area contributed by atoms with Gasteiger partial charge in [0.2, 0.25) is 0 Å². The summed E-state index contributed by atoms with van der Waals surface area (Å²) in [6.45, 7) is 3.95. The number of carboxylic acids is 1. The molecule has 5 nitrogen and oxygen atoms in total. The van der Waals surface area contributed by atoms with E-state index in [9.17, 15) is 4.79 Å². The minimum atomic E-state index is -0.828. The lowest BCUT2D eigenvalue weighted by Gasteiger charge is -1.97. The average Bonchev–Trinajstić information content (AvgIpc) is 2.83. The largest absolute Gasteiger partial charge is 0.481 e. The molecule has 2 rings (SSSR count). The Morgan fingerprint density at radius 1 is 1.56 bits per heavy atom. The summed E-state index contributed by atoms with van der Waals surface area (Å²) in [5.41, 5.74) is 3.91. The Labute approximate surface area is 113 Å². The molecule has 2 heterocycles. The van der Waals surface area contributed by atoms with Crippen LogP contribution in [0.25, 0.3) is 11.3 Å². The van der Waals surface area contributed by atoms with Crippen molar-refractivity contribution in [1.82, 2.24) is 14.8 Å². The van der Waals surface area contributed by atoms with E-state index < -0.39 is 5.97 Å². The lowest BCUT2D eigenvalue weighted by atomic mass is 10.1. The van der Waals surface area contributed by atoms with Crippen molar-refractivity contribution in [3.05, 3.63) is 16.8 Å². The van der Waals surface area contributed by atoms with E-state index in [-0.39, 0.29) is 5.75 Å². The standard InChI is InChI=1S/C11H13N3O2S2/c1-6-10(7(2)14(3)13-6)8-4-17-11(12-8)18-5-9(15)16/h4H,5H2,1-3H3,(H,15,16). The SMILES string of the molecule is Cc1nn(C)c(C)c1-c1csc(SCC(=O)O)n1. The van der Waals surface area contributed by atoms with Crippen LogP contribution in [-0.2, 0) is 11.8 Å². The number of thiazole rings is 1. The van der Waals surface area contributed by atoms with Gasteiger partial charge in [-0.3, -0.25) is 9.48 Å². The number of nitrogens with zero attached hydrogens (tertiary/aromatic N) is 3. The highest BCUT2D eigenvalue weighted by atomic mass is 32.2. The van der Waals surface area contributed by atoms with Gasteiger partial charge in [0, 0.05) is 23.7 Å². The van der Waals surface area contributed by atoms with Crippen LogP contribution >= 0.6 is 23.1 Å². The molecule has 0 aliphatic carbocycles. The molecule has 0 aromatic carbocycles. The fraction of sp³-hybridized carbons (Fsp3) is 0.364. The Morgan fingerprint density at radius 3 is 2.83 bits per heavy atom. The van der Waals surface area contributed by atoms with Gasteiger partial charge >= 0.3 is 5.97 Å². The Kier molecular flexibility index (Phi) is 3.72. The molecule has 2 aromatic heterocycles. The maximum absolute atomic E-state index is 10.5. The molecular weight excluding hydrogens is 270 g/mol. The second-order valence-corrected chi connectivity index (χ2v) is 5.93. The smallest absolute Gasteiger partial charge is 0.313 e. The van der Waals surface area contributed by atoms with Crippen LogP contribution in [0.3, 0.4) is 0 Å². The molecule has 0 amide bonds. The minimum Gasteiger partial charge on any atom is -0.481 e. The molecule has 96 valence electrons. The summed E-state index contributed by atoms with van der Waals surface area (Å²) in [6, 6.07) is 0. The Balaban J connectivity index is 2.26. The van der Waals surface area contributed by atoms with Crippen LogP contribution in [0.1, 0.15) is 11.4 Å². The van der Waals surface area contributed by atoms with Crippen molar-refractivity contribution in [1.29, 1.82) is 0 Å². The van der Waals surface area contributed by atoms with E-state index in [1.807, 2.05) is 31.0 Å². The van der Waals surface area contributed by atoms with Gasteiger partial charge in [-0.25, -0.2) is 4.98 Å². The molecule has 0 aliphatic heterocycles. The summed E-state index contributed by atoms with van der Waals surface area (Å²) in [5, 5.41) is 14.9. The highest BCUT2D eigenvalue weighted by molar-refractivity contribution is 8.01. The van der Waals surface area contributed by atoms with Crippen LogP contribution in [0.4, 0.5) is 0 Å². The van der Waals surface area contributed by atoms with E-state index in [1.165, 1.54) is 23.1 Å². The quantitative estimate of drug-likeness (QED) is 0.872. The predicted octanol–water partition coefficient (Wildman–Crippen LogP) is 2.34. The molecule has 0 radical (unpaired) electrons. The van der Waals surface area contributed by atoms with E-state index in [1.54, 1.807) is 0 Å². The van der Waals surface area contributed by atoms with Crippen LogP contribution < -0.4 is 0 Å². The molecule has 0 spiro atoms. The van der Waals surface area contributed by atoms with E-state index in [4.69, 9.17) is 5.11 Å². The number of carbonyl (C=O) groups is 1. The van der Waals surface area contributed by atoms with Gasteiger partial charge in [-0.1, -0.05) is 11.8 Å². The maximum Gasteiger partial charge on any atom is 0.313 e. The fourth-order valence-corrected chi connectivity index (χ4v) is 3.24.